The third-order valence-corrected chi connectivity index (χ3v) is 11.1. The Labute approximate surface area is 285 Å². The number of benzene rings is 2. The molecule has 260 valence electrons. The number of carbonyl (C=O) groups excluding carboxylic acids is 3. The molecule has 2 saturated carbocycles. The Morgan fingerprint density at radius 2 is 1.88 bits per heavy atom. The van der Waals surface area contributed by atoms with E-state index in [0.717, 1.165) is 36.0 Å². The number of epoxide rings is 1. The van der Waals surface area contributed by atoms with Crippen molar-refractivity contribution in [3.8, 4) is 0 Å². The van der Waals surface area contributed by atoms with Gasteiger partial charge in [-0.15, -0.1) is 0 Å². The maximum atomic E-state index is 15.0. The molecule has 0 spiro atoms. The van der Waals surface area contributed by atoms with Crippen molar-refractivity contribution in [3.05, 3.63) is 77.4 Å². The van der Waals surface area contributed by atoms with E-state index in [1.165, 1.54) is 4.90 Å². The fraction of sp³-hybridized carbons (Fsp3) is 0.541. The second kappa shape index (κ2) is 13.2. The number of ether oxygens (including phenoxy) is 4. The minimum absolute atomic E-state index is 0.00286. The molecule has 10 unspecified atom stereocenters. The lowest BCUT2D eigenvalue weighted by molar-refractivity contribution is -0.204. The Balaban J connectivity index is 1.09. The summed E-state index contributed by atoms with van der Waals surface area (Å²) in [5, 5.41) is 13.7. The fourth-order valence-corrected chi connectivity index (χ4v) is 8.65. The van der Waals surface area contributed by atoms with Gasteiger partial charge in [-0.05, 0) is 41.9 Å². The van der Waals surface area contributed by atoms with E-state index in [4.69, 9.17) is 23.8 Å². The van der Waals surface area contributed by atoms with Gasteiger partial charge >= 0.3 is 5.97 Å². The van der Waals surface area contributed by atoms with Gasteiger partial charge in [0.25, 0.3) is 0 Å². The van der Waals surface area contributed by atoms with Crippen LogP contribution in [0.15, 0.2) is 60.7 Å². The number of hydrogen-bond acceptors (Lipinski definition) is 10. The average Bonchev–Trinajstić information content (AvgIpc) is 3.55. The predicted octanol–water partition coefficient (Wildman–Crippen LogP) is 1.99. The van der Waals surface area contributed by atoms with Crippen molar-refractivity contribution >= 4 is 23.9 Å². The molecule has 8 rings (SSSR count). The molecule has 2 N–H and O–H groups in total. The van der Waals surface area contributed by atoms with Gasteiger partial charge in [0.15, 0.2) is 6.04 Å². The molecule has 2 bridgehead atoms. The van der Waals surface area contributed by atoms with Gasteiger partial charge in [-0.25, -0.2) is 0 Å². The minimum Gasteiger partial charge on any atom is -0.458 e. The molecule has 4 saturated heterocycles. The number of aliphatic hydroxyl groups excluding tert-OH is 1. The molecule has 10 atom stereocenters. The van der Waals surface area contributed by atoms with Crippen LogP contribution in [0.1, 0.15) is 42.4 Å². The van der Waals surface area contributed by atoms with Gasteiger partial charge in [-0.1, -0.05) is 66.7 Å². The third-order valence-electron chi connectivity index (χ3n) is 11.1. The Morgan fingerprint density at radius 3 is 2.69 bits per heavy atom. The Kier molecular flexibility index (Phi) is 8.79. The zero-order chi connectivity index (χ0) is 33.7. The van der Waals surface area contributed by atoms with Crippen LogP contribution in [0.3, 0.4) is 0 Å². The lowest BCUT2D eigenvalue weighted by Gasteiger charge is -2.50. The number of allylic oxidation sites excluding steroid dienone is 1. The maximum absolute atomic E-state index is 15.0. The quantitative estimate of drug-likeness (QED) is 0.269. The SMILES string of the molecule is CN(C(=O)C12CC3OC(=O)C1N(Cc1cccc(C=CC4CCC5OC5C4)c1)OC2C1OCOC31)C(Cc1ccccc1)C(=O)NCCO. The molecule has 4 aliphatic heterocycles. The van der Waals surface area contributed by atoms with Crippen molar-refractivity contribution in [1.82, 2.24) is 15.3 Å². The topological polar surface area (TPSA) is 139 Å². The first-order chi connectivity index (χ1) is 23.9. The monoisotopic (exact) mass is 673 g/mol. The first-order valence-electron chi connectivity index (χ1n) is 17.3. The summed E-state index contributed by atoms with van der Waals surface area (Å²) in [6.45, 7) is 0.0366. The number of nitrogens with one attached hydrogen (secondary N) is 1. The second-order valence-electron chi connectivity index (χ2n) is 14.1. The van der Waals surface area contributed by atoms with Crippen LogP contribution in [0, 0.1) is 11.3 Å². The molecule has 2 aromatic rings. The number of likely N-dealkylation sites (N-methyl/N-ethyl adjacent to an activating group) is 1. The summed E-state index contributed by atoms with van der Waals surface area (Å²) in [6, 6.07) is 15.5. The zero-order valence-electron chi connectivity index (χ0n) is 27.5. The van der Waals surface area contributed by atoms with Gasteiger partial charge in [0.2, 0.25) is 11.8 Å². The van der Waals surface area contributed by atoms with E-state index in [-0.39, 0.29) is 39.3 Å². The maximum Gasteiger partial charge on any atom is 0.327 e. The predicted molar refractivity (Wildman–Crippen MR) is 174 cm³/mol. The lowest BCUT2D eigenvalue weighted by Crippen LogP contribution is -2.70. The number of hydrogen-bond donors (Lipinski definition) is 2. The molecule has 6 aliphatic rings. The molecule has 2 aliphatic carbocycles. The number of esters is 1. The van der Waals surface area contributed by atoms with Crippen LogP contribution in [-0.2, 0) is 51.1 Å². The van der Waals surface area contributed by atoms with Crippen molar-refractivity contribution in [1.29, 1.82) is 0 Å². The van der Waals surface area contributed by atoms with Crippen LogP contribution >= 0.6 is 0 Å². The minimum atomic E-state index is -1.39. The molecule has 0 aromatic heterocycles. The van der Waals surface area contributed by atoms with Gasteiger partial charge in [-0.3, -0.25) is 19.2 Å². The van der Waals surface area contributed by atoms with Gasteiger partial charge in [0.05, 0.1) is 25.4 Å². The van der Waals surface area contributed by atoms with Crippen LogP contribution < -0.4 is 5.32 Å². The van der Waals surface area contributed by atoms with E-state index in [1.807, 2.05) is 48.5 Å². The average molecular weight is 674 g/mol. The van der Waals surface area contributed by atoms with Crippen LogP contribution in [0.5, 0.6) is 0 Å². The van der Waals surface area contributed by atoms with E-state index in [9.17, 15) is 14.7 Å². The number of nitrogens with zero attached hydrogens (tertiary/aromatic N) is 2. The first-order valence-corrected chi connectivity index (χ1v) is 17.3. The summed E-state index contributed by atoms with van der Waals surface area (Å²) in [4.78, 5) is 50.6. The fourth-order valence-electron chi connectivity index (χ4n) is 8.65. The van der Waals surface area contributed by atoms with Crippen molar-refractivity contribution in [2.24, 2.45) is 11.3 Å². The molecule has 2 aromatic carbocycles. The summed E-state index contributed by atoms with van der Waals surface area (Å²) in [5.74, 6) is -0.871. The summed E-state index contributed by atoms with van der Waals surface area (Å²) in [5.41, 5.74) is 1.42. The summed E-state index contributed by atoms with van der Waals surface area (Å²) in [6.07, 6.45) is 6.22. The number of hydroxylamine groups is 2. The molecule has 0 radical (unpaired) electrons. The third kappa shape index (κ3) is 5.98. The number of rotatable bonds is 11. The van der Waals surface area contributed by atoms with Gasteiger partial charge < -0.3 is 34.3 Å². The largest absolute Gasteiger partial charge is 0.458 e. The van der Waals surface area contributed by atoms with Crippen molar-refractivity contribution in [3.63, 3.8) is 0 Å². The molecule has 12 heteroatoms. The van der Waals surface area contributed by atoms with Gasteiger partial charge in [0.1, 0.15) is 42.7 Å². The van der Waals surface area contributed by atoms with Gasteiger partial charge in [0, 0.05) is 26.4 Å². The van der Waals surface area contributed by atoms with E-state index in [2.05, 4.69) is 23.5 Å². The lowest BCUT2D eigenvalue weighted by atomic mass is 9.62. The van der Waals surface area contributed by atoms with E-state index in [1.54, 1.807) is 12.1 Å². The Morgan fingerprint density at radius 1 is 1.06 bits per heavy atom. The molecular weight excluding hydrogens is 630 g/mol. The number of amides is 2. The zero-order valence-corrected chi connectivity index (χ0v) is 27.5. The molecular formula is C37H43N3O9. The van der Waals surface area contributed by atoms with E-state index < -0.39 is 59.7 Å². The number of fused-ring (bicyclic) bond motifs is 5. The standard InChI is InChI=1S/C37H43N3O9/c1-39(26(34(42)38-14-15-41)17-22-6-3-2-4-7-22)36(44)37-19-29-30-31(46-21-45-30)33(37)49-40(32(37)35(43)48-29)20-25-9-5-8-23(16-25)10-11-24-12-13-27-28(18-24)47-27/h2-11,16,24,26-33,41H,12-15,17-21H2,1H3,(H,38,42). The highest BCUT2D eigenvalue weighted by atomic mass is 16.8. The van der Waals surface area contributed by atoms with Crippen molar-refractivity contribution in [2.45, 2.75) is 87.4 Å². The molecule has 49 heavy (non-hydrogen) atoms. The van der Waals surface area contributed by atoms with Crippen molar-refractivity contribution in [2.75, 3.05) is 27.0 Å². The van der Waals surface area contributed by atoms with Crippen LogP contribution in [-0.4, -0.2) is 109 Å². The number of carbonyl (C=O) groups is 3. The van der Waals surface area contributed by atoms with Gasteiger partial charge in [-0.2, -0.15) is 5.06 Å². The normalized spacial score (nSPS) is 34.9. The Bertz CT molecular complexity index is 1600. The summed E-state index contributed by atoms with van der Waals surface area (Å²) >= 11 is 0. The highest BCUT2D eigenvalue weighted by Gasteiger charge is 2.75. The molecule has 4 heterocycles. The number of aliphatic hydroxyl groups is 1. The molecule has 2 amide bonds. The highest BCUT2D eigenvalue weighted by molar-refractivity contribution is 5.96. The Hall–Kier alpha value is -3.65. The molecule has 6 fully saturated rings. The second-order valence-corrected chi connectivity index (χ2v) is 14.1. The highest BCUT2D eigenvalue weighted by Crippen LogP contribution is 2.56. The molecule has 12 nitrogen and oxygen atoms in total. The van der Waals surface area contributed by atoms with Crippen LogP contribution in [0.4, 0.5) is 0 Å². The van der Waals surface area contributed by atoms with Crippen LogP contribution in [0.25, 0.3) is 6.08 Å². The van der Waals surface area contributed by atoms with E-state index in [0.29, 0.717) is 18.1 Å². The van der Waals surface area contributed by atoms with E-state index >= 15 is 4.79 Å². The van der Waals surface area contributed by atoms with Crippen molar-refractivity contribution < 1.29 is 43.3 Å². The summed E-state index contributed by atoms with van der Waals surface area (Å²) in [7, 11) is 1.59. The summed E-state index contributed by atoms with van der Waals surface area (Å²) < 4.78 is 23.5. The smallest absolute Gasteiger partial charge is 0.327 e. The van der Waals surface area contributed by atoms with Crippen LogP contribution in [0.2, 0.25) is 0 Å². The first kappa shape index (κ1) is 32.5.